The van der Waals surface area contributed by atoms with E-state index >= 15 is 0 Å². The minimum atomic E-state index is -0.681. The van der Waals surface area contributed by atoms with Gasteiger partial charge in [0.1, 0.15) is 0 Å². The molecule has 0 spiro atoms. The second-order valence-electron chi connectivity index (χ2n) is 2.74. The normalized spacial score (nSPS) is 14.6. The average Bonchev–Trinajstić information content (AvgIpc) is 2.70. The van der Waals surface area contributed by atoms with Crippen molar-refractivity contribution < 1.29 is 14.3 Å². The van der Waals surface area contributed by atoms with Crippen LogP contribution in [0.4, 0.5) is 0 Å². The minimum Gasteiger partial charge on any atom is -0.383 e. The van der Waals surface area contributed by atoms with E-state index in [1.807, 2.05) is 0 Å². The maximum absolute atomic E-state index is 11.2. The molecule has 6 nitrogen and oxygen atoms in total. The van der Waals surface area contributed by atoms with Crippen molar-refractivity contribution in [1.29, 1.82) is 0 Å². The van der Waals surface area contributed by atoms with Gasteiger partial charge in [0.05, 0.1) is 13.2 Å². The van der Waals surface area contributed by atoms with E-state index in [4.69, 9.17) is 4.74 Å². The van der Waals surface area contributed by atoms with Crippen LogP contribution in [0, 0.1) is 0 Å². The van der Waals surface area contributed by atoms with Crippen LogP contribution in [0.2, 0.25) is 0 Å². The Morgan fingerprint density at radius 1 is 1.53 bits per heavy atom. The van der Waals surface area contributed by atoms with Gasteiger partial charge in [-0.3, -0.25) is 19.9 Å². The fourth-order valence-electron chi connectivity index (χ4n) is 0.912. The quantitative estimate of drug-likeness (QED) is 0.481. The number of methoxy groups -OCH3 is 1. The van der Waals surface area contributed by atoms with Crippen molar-refractivity contribution in [2.45, 2.75) is 0 Å². The summed E-state index contributed by atoms with van der Waals surface area (Å²) in [5.74, 6) is -0.498. The minimum absolute atomic E-state index is 0.322. The Bertz CT molecular complexity index is 280. The van der Waals surface area contributed by atoms with Crippen LogP contribution >= 0.6 is 11.8 Å². The lowest BCUT2D eigenvalue weighted by Gasteiger charge is -2.04. The lowest BCUT2D eigenvalue weighted by atomic mass is 10.5. The molecule has 2 N–H and O–H groups in total. The zero-order valence-corrected chi connectivity index (χ0v) is 9.23. The number of rotatable bonds is 3. The SMILES string of the molecule is COCCNC(=O)C(=O)NC1=NCCS1. The first-order chi connectivity index (χ1) is 7.24. The van der Waals surface area contributed by atoms with Crippen LogP contribution in [-0.4, -0.2) is 49.5 Å². The monoisotopic (exact) mass is 231 g/mol. The zero-order valence-electron chi connectivity index (χ0n) is 8.41. The summed E-state index contributed by atoms with van der Waals surface area (Å²) < 4.78 is 4.73. The second kappa shape index (κ2) is 6.41. The number of thioether (sulfide) groups is 1. The van der Waals surface area contributed by atoms with Gasteiger partial charge in [0.25, 0.3) is 0 Å². The Balaban J connectivity index is 2.23. The van der Waals surface area contributed by atoms with Gasteiger partial charge in [-0.1, -0.05) is 11.8 Å². The number of amides is 2. The van der Waals surface area contributed by atoms with Gasteiger partial charge in [0, 0.05) is 19.4 Å². The predicted molar refractivity (Wildman–Crippen MR) is 57.8 cm³/mol. The van der Waals surface area contributed by atoms with Crippen LogP contribution in [0.25, 0.3) is 0 Å². The number of hydrogen-bond donors (Lipinski definition) is 2. The standard InChI is InChI=1S/C8H13N3O3S/c1-14-4-2-9-6(12)7(13)11-8-10-3-5-15-8/h2-5H2,1H3,(H,9,12)(H,10,11,13). The molecule has 1 rings (SSSR count). The van der Waals surface area contributed by atoms with E-state index in [0.29, 0.717) is 24.9 Å². The Morgan fingerprint density at radius 2 is 2.33 bits per heavy atom. The Hall–Kier alpha value is -1.08. The fourth-order valence-corrected chi connectivity index (χ4v) is 1.63. The van der Waals surface area contributed by atoms with Gasteiger partial charge in [-0.2, -0.15) is 0 Å². The van der Waals surface area contributed by atoms with E-state index < -0.39 is 11.8 Å². The van der Waals surface area contributed by atoms with E-state index in [0.717, 1.165) is 5.75 Å². The van der Waals surface area contributed by atoms with E-state index in [9.17, 15) is 9.59 Å². The molecule has 0 aromatic carbocycles. The summed E-state index contributed by atoms with van der Waals surface area (Å²) in [4.78, 5) is 26.4. The highest BCUT2D eigenvalue weighted by Crippen LogP contribution is 2.08. The third-order valence-corrected chi connectivity index (χ3v) is 2.50. The highest BCUT2D eigenvalue weighted by molar-refractivity contribution is 8.14. The lowest BCUT2D eigenvalue weighted by molar-refractivity contribution is -0.138. The summed E-state index contributed by atoms with van der Waals surface area (Å²) in [6.45, 7) is 1.39. The largest absolute Gasteiger partial charge is 0.383 e. The molecule has 0 aromatic heterocycles. The molecular weight excluding hydrogens is 218 g/mol. The van der Waals surface area contributed by atoms with Gasteiger partial charge in [-0.25, -0.2) is 0 Å². The number of carbonyl (C=O) groups is 2. The van der Waals surface area contributed by atoms with Crippen molar-refractivity contribution in [2.24, 2.45) is 4.99 Å². The first-order valence-corrected chi connectivity index (χ1v) is 5.48. The van der Waals surface area contributed by atoms with Crippen LogP contribution < -0.4 is 10.6 Å². The van der Waals surface area contributed by atoms with Crippen LogP contribution in [0.3, 0.4) is 0 Å². The number of nitrogens with zero attached hydrogens (tertiary/aromatic N) is 1. The smallest absolute Gasteiger partial charge is 0.315 e. The summed E-state index contributed by atoms with van der Waals surface area (Å²) >= 11 is 1.43. The molecule has 0 radical (unpaired) electrons. The van der Waals surface area contributed by atoms with Crippen molar-refractivity contribution in [3.05, 3.63) is 0 Å². The fraction of sp³-hybridized carbons (Fsp3) is 0.625. The zero-order chi connectivity index (χ0) is 11.1. The maximum atomic E-state index is 11.2. The molecule has 15 heavy (non-hydrogen) atoms. The summed E-state index contributed by atoms with van der Waals surface area (Å²) in [5, 5.41) is 5.36. The summed E-state index contributed by atoms with van der Waals surface area (Å²) in [6, 6.07) is 0. The summed E-state index contributed by atoms with van der Waals surface area (Å²) in [7, 11) is 1.52. The van der Waals surface area contributed by atoms with Crippen molar-refractivity contribution in [1.82, 2.24) is 10.6 Å². The van der Waals surface area contributed by atoms with E-state index in [1.54, 1.807) is 0 Å². The molecule has 0 atom stereocenters. The molecule has 2 amide bonds. The molecular formula is C8H13N3O3S. The molecule has 0 bridgehead atoms. The number of carbonyl (C=O) groups excluding carboxylic acids is 2. The summed E-state index contributed by atoms with van der Waals surface area (Å²) in [5.41, 5.74) is 0. The van der Waals surface area contributed by atoms with Gasteiger partial charge in [-0.05, 0) is 0 Å². The van der Waals surface area contributed by atoms with Crippen molar-refractivity contribution in [2.75, 3.05) is 32.6 Å². The lowest BCUT2D eigenvalue weighted by Crippen LogP contribution is -2.42. The first kappa shape index (κ1) is 12.0. The molecule has 0 saturated heterocycles. The highest BCUT2D eigenvalue weighted by atomic mass is 32.2. The molecule has 0 aromatic rings. The molecule has 1 heterocycles. The topological polar surface area (TPSA) is 79.8 Å². The average molecular weight is 231 g/mol. The molecule has 1 aliphatic heterocycles. The number of aliphatic imine (C=N–C) groups is 1. The molecule has 0 aliphatic carbocycles. The molecule has 0 fully saturated rings. The van der Waals surface area contributed by atoms with Gasteiger partial charge >= 0.3 is 11.8 Å². The van der Waals surface area contributed by atoms with Crippen molar-refractivity contribution in [3.63, 3.8) is 0 Å². The number of nitrogens with one attached hydrogen (secondary N) is 2. The van der Waals surface area contributed by atoms with Gasteiger partial charge in [0.2, 0.25) is 0 Å². The van der Waals surface area contributed by atoms with E-state index in [1.165, 1.54) is 18.9 Å². The molecule has 7 heteroatoms. The van der Waals surface area contributed by atoms with Crippen LogP contribution in [-0.2, 0) is 14.3 Å². The Morgan fingerprint density at radius 3 is 2.93 bits per heavy atom. The molecule has 84 valence electrons. The molecule has 0 saturated carbocycles. The van der Waals surface area contributed by atoms with Crippen LogP contribution in [0.5, 0.6) is 0 Å². The Kier molecular flexibility index (Phi) is 5.13. The third kappa shape index (κ3) is 4.30. The number of hydrogen-bond acceptors (Lipinski definition) is 5. The first-order valence-electron chi connectivity index (χ1n) is 4.49. The second-order valence-corrected chi connectivity index (χ2v) is 3.82. The van der Waals surface area contributed by atoms with Crippen LogP contribution in [0.1, 0.15) is 0 Å². The van der Waals surface area contributed by atoms with Crippen molar-refractivity contribution in [3.8, 4) is 0 Å². The van der Waals surface area contributed by atoms with Gasteiger partial charge in [-0.15, -0.1) is 0 Å². The maximum Gasteiger partial charge on any atom is 0.315 e. The Labute approximate surface area is 91.8 Å². The number of ether oxygens (including phenoxy) is 1. The molecule has 1 aliphatic rings. The van der Waals surface area contributed by atoms with Gasteiger partial charge in [0.15, 0.2) is 5.17 Å². The van der Waals surface area contributed by atoms with Crippen LogP contribution in [0.15, 0.2) is 4.99 Å². The molecule has 0 unspecified atom stereocenters. The van der Waals surface area contributed by atoms with Crippen molar-refractivity contribution >= 4 is 28.7 Å². The highest BCUT2D eigenvalue weighted by Gasteiger charge is 2.16. The van der Waals surface area contributed by atoms with E-state index in [-0.39, 0.29) is 0 Å². The number of amidine groups is 1. The predicted octanol–water partition coefficient (Wildman–Crippen LogP) is -1.03. The van der Waals surface area contributed by atoms with Gasteiger partial charge < -0.3 is 10.1 Å². The van der Waals surface area contributed by atoms with E-state index in [2.05, 4.69) is 15.6 Å². The third-order valence-electron chi connectivity index (χ3n) is 1.60. The summed E-state index contributed by atoms with van der Waals surface area (Å²) in [6.07, 6.45) is 0.